The molecule has 5 nitrogen and oxygen atoms in total. The van der Waals surface area contributed by atoms with Crippen molar-refractivity contribution in [1.29, 1.82) is 0 Å². The Kier molecular flexibility index (Phi) is 4.84. The lowest BCUT2D eigenvalue weighted by Gasteiger charge is -2.13. The number of rotatable bonds is 5. The average Bonchev–Trinajstić information content (AvgIpc) is 2.73. The van der Waals surface area contributed by atoms with Gasteiger partial charge in [-0.1, -0.05) is 6.92 Å². The van der Waals surface area contributed by atoms with Gasteiger partial charge in [-0.05, 0) is 51.7 Å². The summed E-state index contributed by atoms with van der Waals surface area (Å²) in [5.74, 6) is 0.108. The monoisotopic (exact) mass is 302 g/mol. The van der Waals surface area contributed by atoms with Crippen LogP contribution in [0.2, 0.25) is 0 Å². The molecule has 2 heterocycles. The summed E-state index contributed by atoms with van der Waals surface area (Å²) >= 11 is 0. The van der Waals surface area contributed by atoms with Gasteiger partial charge in [0.25, 0.3) is 0 Å². The van der Waals surface area contributed by atoms with Crippen LogP contribution in [-0.2, 0) is 18.3 Å². The van der Waals surface area contributed by atoms with Crippen LogP contribution in [0.1, 0.15) is 49.2 Å². The highest BCUT2D eigenvalue weighted by atomic mass is 16.1. The number of amides is 1. The third kappa shape index (κ3) is 3.13. The molecule has 0 unspecified atom stereocenters. The van der Waals surface area contributed by atoms with Crippen LogP contribution in [-0.4, -0.2) is 26.7 Å². The molecule has 2 aromatic rings. The van der Waals surface area contributed by atoms with Crippen LogP contribution in [0.25, 0.3) is 11.0 Å². The molecule has 120 valence electrons. The quantitative estimate of drug-likeness (QED) is 0.924. The van der Waals surface area contributed by atoms with Gasteiger partial charge in [0, 0.05) is 30.6 Å². The zero-order valence-corrected chi connectivity index (χ0v) is 14.4. The van der Waals surface area contributed by atoms with Crippen LogP contribution < -0.4 is 5.32 Å². The van der Waals surface area contributed by atoms with Gasteiger partial charge in [-0.2, -0.15) is 5.10 Å². The number of carbonyl (C=O) groups excluding carboxylic acids is 1. The number of fused-ring (bicyclic) bond motifs is 1. The van der Waals surface area contributed by atoms with Crippen LogP contribution in [0.15, 0.2) is 0 Å². The Morgan fingerprint density at radius 1 is 1.27 bits per heavy atom. The molecule has 0 aliphatic heterocycles. The summed E-state index contributed by atoms with van der Waals surface area (Å²) in [7, 11) is 1.92. The normalized spacial score (nSPS) is 12.6. The van der Waals surface area contributed by atoms with Gasteiger partial charge in [-0.3, -0.25) is 9.48 Å². The van der Waals surface area contributed by atoms with Crippen molar-refractivity contribution < 1.29 is 4.79 Å². The van der Waals surface area contributed by atoms with Crippen molar-refractivity contribution in [2.45, 2.75) is 59.9 Å². The van der Waals surface area contributed by atoms with E-state index in [0.717, 1.165) is 35.3 Å². The molecule has 1 amide bonds. The molecular weight excluding hydrogens is 276 g/mol. The highest BCUT2D eigenvalue weighted by Crippen LogP contribution is 2.25. The molecule has 0 saturated heterocycles. The number of carbonyl (C=O) groups is 1. The molecule has 1 N–H and O–H groups in total. The van der Waals surface area contributed by atoms with E-state index in [1.807, 2.05) is 32.5 Å². The van der Waals surface area contributed by atoms with E-state index in [0.29, 0.717) is 6.42 Å². The third-order valence-electron chi connectivity index (χ3n) is 4.35. The predicted octanol–water partition coefficient (Wildman–Crippen LogP) is 2.74. The molecule has 0 aromatic carbocycles. The first-order chi connectivity index (χ1) is 10.3. The van der Waals surface area contributed by atoms with Gasteiger partial charge < -0.3 is 5.32 Å². The zero-order valence-electron chi connectivity index (χ0n) is 14.4. The summed E-state index contributed by atoms with van der Waals surface area (Å²) in [6.07, 6.45) is 2.17. The summed E-state index contributed by atoms with van der Waals surface area (Å²) in [5, 5.41) is 8.59. The van der Waals surface area contributed by atoms with Crippen LogP contribution in [0, 0.1) is 20.8 Å². The van der Waals surface area contributed by atoms with E-state index in [9.17, 15) is 4.79 Å². The standard InChI is InChI=1S/C17H26N4O/c1-7-10(2)18-15(22)9-8-14-11(3)16-13(5)20-21(6)17(16)19-12(14)4/h10H,7-9H2,1-6H3,(H,18,22)/t10-/m1/s1. The van der Waals surface area contributed by atoms with E-state index >= 15 is 0 Å². The molecule has 0 spiro atoms. The number of aryl methyl sites for hydroxylation is 4. The lowest BCUT2D eigenvalue weighted by molar-refractivity contribution is -0.121. The maximum Gasteiger partial charge on any atom is 0.220 e. The number of hydrogen-bond acceptors (Lipinski definition) is 3. The molecule has 0 aliphatic carbocycles. The van der Waals surface area contributed by atoms with Gasteiger partial charge in [0.15, 0.2) is 5.65 Å². The van der Waals surface area contributed by atoms with Crippen molar-refractivity contribution in [1.82, 2.24) is 20.1 Å². The second-order valence-electron chi connectivity index (χ2n) is 6.09. The Labute approximate surface area is 132 Å². The Morgan fingerprint density at radius 2 is 1.95 bits per heavy atom. The topological polar surface area (TPSA) is 59.8 Å². The minimum absolute atomic E-state index is 0.108. The molecule has 5 heteroatoms. The van der Waals surface area contributed by atoms with E-state index in [-0.39, 0.29) is 11.9 Å². The van der Waals surface area contributed by atoms with Crippen molar-refractivity contribution >= 4 is 16.9 Å². The number of aromatic nitrogens is 3. The van der Waals surface area contributed by atoms with Crippen LogP contribution in [0.5, 0.6) is 0 Å². The number of nitrogens with zero attached hydrogens (tertiary/aromatic N) is 3. The van der Waals surface area contributed by atoms with Gasteiger partial charge >= 0.3 is 0 Å². The maximum atomic E-state index is 12.0. The number of hydrogen-bond donors (Lipinski definition) is 1. The Morgan fingerprint density at radius 3 is 2.59 bits per heavy atom. The molecular formula is C17H26N4O. The smallest absolute Gasteiger partial charge is 0.220 e. The second kappa shape index (κ2) is 6.46. The summed E-state index contributed by atoms with van der Waals surface area (Å²) < 4.78 is 1.82. The molecule has 2 rings (SSSR count). The lowest BCUT2D eigenvalue weighted by Crippen LogP contribution is -2.32. The van der Waals surface area contributed by atoms with Crippen LogP contribution in [0.4, 0.5) is 0 Å². The molecule has 1 atom stereocenters. The van der Waals surface area contributed by atoms with Gasteiger partial charge in [0.05, 0.1) is 5.69 Å². The SMILES string of the molecule is CC[C@@H](C)NC(=O)CCc1c(C)nc2c(c(C)nn2C)c1C. The predicted molar refractivity (Wildman–Crippen MR) is 88.9 cm³/mol. The highest BCUT2D eigenvalue weighted by Gasteiger charge is 2.16. The summed E-state index contributed by atoms with van der Waals surface area (Å²) in [5.41, 5.74) is 5.27. The fraction of sp³-hybridized carbons (Fsp3) is 0.588. The fourth-order valence-electron chi connectivity index (χ4n) is 2.92. The zero-order chi connectivity index (χ0) is 16.4. The Balaban J connectivity index is 2.25. The van der Waals surface area contributed by atoms with E-state index in [1.54, 1.807) is 0 Å². The molecule has 22 heavy (non-hydrogen) atoms. The maximum absolute atomic E-state index is 12.0. The van der Waals surface area contributed by atoms with Crippen molar-refractivity contribution in [2.24, 2.45) is 7.05 Å². The first-order valence-electron chi connectivity index (χ1n) is 7.93. The average molecular weight is 302 g/mol. The minimum atomic E-state index is 0.108. The van der Waals surface area contributed by atoms with Crippen molar-refractivity contribution in [2.75, 3.05) is 0 Å². The van der Waals surface area contributed by atoms with Crippen LogP contribution in [0.3, 0.4) is 0 Å². The Hall–Kier alpha value is -1.91. The fourth-order valence-corrected chi connectivity index (χ4v) is 2.92. The van der Waals surface area contributed by atoms with Crippen molar-refractivity contribution in [3.63, 3.8) is 0 Å². The van der Waals surface area contributed by atoms with Gasteiger partial charge in [-0.15, -0.1) is 0 Å². The molecule has 0 aliphatic rings. The second-order valence-corrected chi connectivity index (χ2v) is 6.09. The summed E-state index contributed by atoms with van der Waals surface area (Å²) in [6.45, 7) is 10.2. The molecule has 0 bridgehead atoms. The number of nitrogens with one attached hydrogen (secondary N) is 1. The van der Waals surface area contributed by atoms with Crippen molar-refractivity contribution in [3.05, 3.63) is 22.5 Å². The Bertz CT molecular complexity index is 702. The summed E-state index contributed by atoms with van der Waals surface area (Å²) in [4.78, 5) is 16.7. The van der Waals surface area contributed by atoms with Gasteiger partial charge in [0.1, 0.15) is 0 Å². The minimum Gasteiger partial charge on any atom is -0.354 e. The van der Waals surface area contributed by atoms with E-state index < -0.39 is 0 Å². The van der Waals surface area contributed by atoms with Gasteiger partial charge in [-0.25, -0.2) is 4.98 Å². The first-order valence-corrected chi connectivity index (χ1v) is 7.93. The largest absolute Gasteiger partial charge is 0.354 e. The summed E-state index contributed by atoms with van der Waals surface area (Å²) in [6, 6.07) is 0.232. The van der Waals surface area contributed by atoms with Crippen LogP contribution >= 0.6 is 0 Å². The lowest BCUT2D eigenvalue weighted by atomic mass is 9.99. The molecule has 2 aromatic heterocycles. The number of pyridine rings is 1. The third-order valence-corrected chi connectivity index (χ3v) is 4.35. The molecule has 0 radical (unpaired) electrons. The van der Waals surface area contributed by atoms with Crippen molar-refractivity contribution in [3.8, 4) is 0 Å². The highest BCUT2D eigenvalue weighted by molar-refractivity contribution is 5.84. The van der Waals surface area contributed by atoms with E-state index in [2.05, 4.69) is 29.2 Å². The first kappa shape index (κ1) is 16.5. The molecule has 0 saturated carbocycles. The van der Waals surface area contributed by atoms with E-state index in [1.165, 1.54) is 11.1 Å². The van der Waals surface area contributed by atoms with Gasteiger partial charge in [0.2, 0.25) is 5.91 Å². The molecule has 0 fully saturated rings. The van der Waals surface area contributed by atoms with E-state index in [4.69, 9.17) is 0 Å².